The molecule has 2 aliphatic rings. The number of carbonyl (C=O) groups is 1. The molecule has 0 aliphatic carbocycles. The number of aliphatic hydroxyl groups excluding tert-OH is 1. The van der Waals surface area contributed by atoms with Gasteiger partial charge in [0, 0.05) is 25.7 Å². The highest BCUT2D eigenvalue weighted by Crippen LogP contribution is 2.19. The number of carboxylic acids is 1. The Morgan fingerprint density at radius 3 is 2.46 bits per heavy atom. The maximum absolute atomic E-state index is 12.2. The van der Waals surface area contributed by atoms with Crippen LogP contribution >= 0.6 is 0 Å². The second kappa shape index (κ2) is 9.10. The van der Waals surface area contributed by atoms with Crippen LogP contribution in [-0.4, -0.2) is 79.2 Å². The molecule has 2 heterocycles. The van der Waals surface area contributed by atoms with Crippen molar-refractivity contribution in [1.29, 1.82) is 0 Å². The van der Waals surface area contributed by atoms with E-state index < -0.39 is 22.1 Å². The van der Waals surface area contributed by atoms with Crippen molar-refractivity contribution in [2.75, 3.05) is 39.3 Å². The summed E-state index contributed by atoms with van der Waals surface area (Å²) in [5.74, 6) is -1.29. The zero-order valence-electron chi connectivity index (χ0n) is 14.1. The molecule has 0 aromatic heterocycles. The quantitative estimate of drug-likeness (QED) is 0.518. The first-order chi connectivity index (χ1) is 11.4. The third kappa shape index (κ3) is 5.38. The van der Waals surface area contributed by atoms with Crippen molar-refractivity contribution in [3.05, 3.63) is 0 Å². The molecule has 3 N–H and O–H groups in total. The van der Waals surface area contributed by atoms with Gasteiger partial charge < -0.3 is 10.2 Å². The first kappa shape index (κ1) is 19.6. The molecule has 0 amide bonds. The summed E-state index contributed by atoms with van der Waals surface area (Å²) in [5, 5.41) is 18.3. The van der Waals surface area contributed by atoms with E-state index in [0.29, 0.717) is 25.8 Å². The smallest absolute Gasteiger partial charge is 0.306 e. The van der Waals surface area contributed by atoms with Crippen LogP contribution in [0.4, 0.5) is 0 Å². The van der Waals surface area contributed by atoms with Crippen molar-refractivity contribution in [2.45, 2.75) is 44.6 Å². The highest BCUT2D eigenvalue weighted by Gasteiger charge is 2.30. The Kier molecular flexibility index (Phi) is 7.42. The molecule has 1 unspecified atom stereocenters. The lowest BCUT2D eigenvalue weighted by atomic mass is 9.99. The molecule has 0 aromatic carbocycles. The Morgan fingerprint density at radius 1 is 1.12 bits per heavy atom. The largest absolute Gasteiger partial charge is 0.481 e. The molecule has 2 rings (SSSR count). The van der Waals surface area contributed by atoms with E-state index in [2.05, 4.69) is 9.62 Å². The molecule has 24 heavy (non-hydrogen) atoms. The number of aliphatic carboxylic acids is 1. The van der Waals surface area contributed by atoms with Gasteiger partial charge in [-0.1, -0.05) is 6.42 Å². The maximum Gasteiger partial charge on any atom is 0.306 e. The Hall–Kier alpha value is -0.740. The van der Waals surface area contributed by atoms with E-state index in [1.807, 2.05) is 0 Å². The minimum atomic E-state index is -3.53. The molecule has 1 atom stereocenters. The van der Waals surface area contributed by atoms with Gasteiger partial charge in [-0.25, -0.2) is 4.72 Å². The van der Waals surface area contributed by atoms with Crippen LogP contribution in [0.5, 0.6) is 0 Å². The van der Waals surface area contributed by atoms with Crippen molar-refractivity contribution in [3.8, 4) is 0 Å². The Balaban J connectivity index is 1.70. The lowest BCUT2D eigenvalue weighted by Crippen LogP contribution is -2.47. The average molecular weight is 363 g/mol. The van der Waals surface area contributed by atoms with Gasteiger partial charge in [0.2, 0.25) is 0 Å². The van der Waals surface area contributed by atoms with Crippen LogP contribution in [0, 0.1) is 5.92 Å². The van der Waals surface area contributed by atoms with E-state index in [0.717, 1.165) is 32.4 Å². The van der Waals surface area contributed by atoms with Crippen LogP contribution in [0.15, 0.2) is 0 Å². The fraction of sp³-hybridized carbons (Fsp3) is 0.933. The van der Waals surface area contributed by atoms with Crippen LogP contribution in [0.3, 0.4) is 0 Å². The summed E-state index contributed by atoms with van der Waals surface area (Å²) < 4.78 is 28.4. The number of piperidine rings is 2. The number of carboxylic acid groups (broad SMARTS) is 1. The molecular weight excluding hydrogens is 334 g/mol. The van der Waals surface area contributed by atoms with Crippen molar-refractivity contribution in [2.24, 2.45) is 5.92 Å². The molecule has 8 nitrogen and oxygen atoms in total. The number of nitrogens with one attached hydrogen (secondary N) is 1. The third-order valence-corrected chi connectivity index (χ3v) is 6.62. The number of nitrogens with zero attached hydrogens (tertiary/aromatic N) is 2. The van der Waals surface area contributed by atoms with Gasteiger partial charge >= 0.3 is 5.97 Å². The summed E-state index contributed by atoms with van der Waals surface area (Å²) in [6, 6.07) is 0.199. The lowest BCUT2D eigenvalue weighted by molar-refractivity contribution is -0.142. The van der Waals surface area contributed by atoms with Gasteiger partial charge in [0.25, 0.3) is 10.2 Å². The highest BCUT2D eigenvalue weighted by atomic mass is 32.2. The van der Waals surface area contributed by atoms with Crippen molar-refractivity contribution in [1.82, 2.24) is 13.9 Å². The second-order valence-electron chi connectivity index (χ2n) is 6.63. The van der Waals surface area contributed by atoms with E-state index >= 15 is 0 Å². The van der Waals surface area contributed by atoms with Gasteiger partial charge in [-0.05, 0) is 45.2 Å². The summed E-state index contributed by atoms with van der Waals surface area (Å²) in [4.78, 5) is 13.1. The average Bonchev–Trinajstić information content (AvgIpc) is 2.59. The molecule has 0 radical (unpaired) electrons. The van der Waals surface area contributed by atoms with E-state index in [9.17, 15) is 18.3 Å². The van der Waals surface area contributed by atoms with E-state index in [1.165, 1.54) is 4.31 Å². The first-order valence-electron chi connectivity index (χ1n) is 8.76. The zero-order chi connectivity index (χ0) is 17.6. The van der Waals surface area contributed by atoms with Crippen LogP contribution in [0.2, 0.25) is 0 Å². The monoisotopic (exact) mass is 363 g/mol. The molecule has 0 saturated carbocycles. The standard InChI is InChI=1S/C15H29N3O5S/c19-12-14-4-1-2-8-17(14)9-3-7-16-24(22,23)18-10-5-13(6-11-18)15(20)21/h13-14,16,19H,1-12H2,(H,20,21). The van der Waals surface area contributed by atoms with Gasteiger partial charge in [-0.15, -0.1) is 0 Å². The second-order valence-corrected chi connectivity index (χ2v) is 8.39. The molecule has 2 saturated heterocycles. The van der Waals surface area contributed by atoms with Crippen LogP contribution in [0.25, 0.3) is 0 Å². The summed E-state index contributed by atoms with van der Waals surface area (Å²) in [7, 11) is -3.53. The van der Waals surface area contributed by atoms with E-state index in [4.69, 9.17) is 5.11 Å². The fourth-order valence-corrected chi connectivity index (χ4v) is 4.76. The third-order valence-electron chi connectivity index (χ3n) is 5.01. The number of aliphatic hydroxyl groups is 1. The van der Waals surface area contributed by atoms with Gasteiger partial charge in [-0.2, -0.15) is 12.7 Å². The van der Waals surface area contributed by atoms with Gasteiger partial charge in [0.1, 0.15) is 0 Å². The molecule has 0 spiro atoms. The molecule has 2 aliphatic heterocycles. The summed E-state index contributed by atoms with van der Waals surface area (Å²) >= 11 is 0. The highest BCUT2D eigenvalue weighted by molar-refractivity contribution is 7.87. The maximum atomic E-state index is 12.2. The Bertz CT molecular complexity index is 505. The van der Waals surface area contributed by atoms with Gasteiger partial charge in [0.05, 0.1) is 12.5 Å². The summed E-state index contributed by atoms with van der Waals surface area (Å²) in [5.41, 5.74) is 0. The van der Waals surface area contributed by atoms with Gasteiger partial charge in [0.15, 0.2) is 0 Å². The minimum Gasteiger partial charge on any atom is -0.481 e. The summed E-state index contributed by atoms with van der Waals surface area (Å²) in [6.45, 7) is 2.76. The normalized spacial score (nSPS) is 25.0. The molecule has 0 bridgehead atoms. The van der Waals surface area contributed by atoms with Crippen LogP contribution < -0.4 is 4.72 Å². The van der Waals surface area contributed by atoms with Crippen LogP contribution in [0.1, 0.15) is 38.5 Å². The first-order valence-corrected chi connectivity index (χ1v) is 10.2. The Morgan fingerprint density at radius 2 is 1.83 bits per heavy atom. The SMILES string of the molecule is O=C(O)C1CCN(S(=O)(=O)NCCCN2CCCCC2CO)CC1. The number of hydrogen-bond acceptors (Lipinski definition) is 5. The topological polar surface area (TPSA) is 110 Å². The zero-order valence-corrected chi connectivity index (χ0v) is 14.9. The van der Waals surface area contributed by atoms with E-state index in [-0.39, 0.29) is 25.7 Å². The van der Waals surface area contributed by atoms with Gasteiger partial charge in [-0.3, -0.25) is 9.69 Å². The molecule has 0 aromatic rings. The lowest BCUT2D eigenvalue weighted by Gasteiger charge is -2.34. The molecule has 2 fully saturated rings. The minimum absolute atomic E-state index is 0.157. The molecular formula is C15H29N3O5S. The van der Waals surface area contributed by atoms with Crippen molar-refractivity contribution in [3.63, 3.8) is 0 Å². The number of rotatable bonds is 8. The number of hydrogen-bond donors (Lipinski definition) is 3. The summed E-state index contributed by atoms with van der Waals surface area (Å²) in [6.07, 6.45) is 4.69. The predicted octanol–water partition coefficient (Wildman–Crippen LogP) is -0.146. The van der Waals surface area contributed by atoms with Crippen molar-refractivity contribution >= 4 is 16.2 Å². The molecule has 140 valence electrons. The van der Waals surface area contributed by atoms with E-state index in [1.54, 1.807) is 0 Å². The molecule has 9 heteroatoms. The number of likely N-dealkylation sites (tertiary alicyclic amines) is 1. The predicted molar refractivity (Wildman–Crippen MR) is 89.8 cm³/mol. The fourth-order valence-electron chi connectivity index (χ4n) is 3.48. The Labute approximate surface area is 144 Å². The van der Waals surface area contributed by atoms with Crippen LogP contribution in [-0.2, 0) is 15.0 Å². The van der Waals surface area contributed by atoms with Crippen molar-refractivity contribution < 1.29 is 23.4 Å².